The molecule has 1 fully saturated rings. The Labute approximate surface area is 130 Å². The second-order valence-corrected chi connectivity index (χ2v) is 7.70. The number of hydrogen-bond acceptors (Lipinski definition) is 4. The molecule has 0 radical (unpaired) electrons. The molecule has 1 saturated carbocycles. The Morgan fingerprint density at radius 2 is 1.81 bits per heavy atom. The van der Waals surface area contributed by atoms with E-state index in [0.29, 0.717) is 5.92 Å². The number of benzene rings is 1. The van der Waals surface area contributed by atoms with Crippen molar-refractivity contribution >= 4 is 31.6 Å². The van der Waals surface area contributed by atoms with Gasteiger partial charge in [0, 0.05) is 6.92 Å². The maximum absolute atomic E-state index is 12.0. The van der Waals surface area contributed by atoms with Gasteiger partial charge in [0.25, 0.3) is 5.91 Å². The smallest absolute Gasteiger partial charge is 0.293 e. The number of hydrogen-bond donors (Lipinski definition) is 1. The molecule has 0 heterocycles. The molecule has 0 aliphatic heterocycles. The lowest BCUT2D eigenvalue weighted by Crippen LogP contribution is -2.28. The average molecular weight is 403 g/mol. The molecule has 2 amide bonds. The van der Waals surface area contributed by atoms with Crippen molar-refractivity contribution in [1.82, 2.24) is 5.32 Å². The zero-order valence-electron chi connectivity index (χ0n) is 11.9. The number of carbonyl (C=O) groups is 2. The van der Waals surface area contributed by atoms with Crippen LogP contribution >= 0.6 is 19.8 Å². The van der Waals surface area contributed by atoms with Crippen molar-refractivity contribution in [1.29, 1.82) is 0 Å². The predicted octanol–water partition coefficient (Wildman–Crippen LogP) is 3.38. The molecule has 1 N–H and O–H groups in total. The second-order valence-electron chi connectivity index (χ2n) is 5.30. The van der Waals surface area contributed by atoms with Gasteiger partial charge in [-0.25, -0.2) is 6.14 Å². The molecule has 114 valence electrons. The summed E-state index contributed by atoms with van der Waals surface area (Å²) in [4.78, 5) is 23.1. The van der Waals surface area contributed by atoms with E-state index in [1.807, 2.05) is 0 Å². The standard InChI is InChI=1S/C15H18INO4/c1-10(18)17-15(19)13-9-12(7-8-14(13)16(20)21)11-5-3-2-4-6-11/h7-9,11H,2-6H2,1H3,(H,17,18,19). The van der Waals surface area contributed by atoms with Gasteiger partial charge < -0.3 is 0 Å². The van der Waals surface area contributed by atoms with Gasteiger partial charge in [0.1, 0.15) is 0 Å². The van der Waals surface area contributed by atoms with Gasteiger partial charge in [0.2, 0.25) is 5.91 Å². The maximum Gasteiger partial charge on any atom is 0.341 e. The lowest BCUT2D eigenvalue weighted by atomic mass is 9.83. The summed E-state index contributed by atoms with van der Waals surface area (Å²) in [5, 5.41) is 2.15. The Morgan fingerprint density at radius 3 is 2.38 bits per heavy atom. The largest absolute Gasteiger partial charge is 0.341 e. The number of nitrogens with one attached hydrogen (secondary N) is 1. The fraction of sp³-hybridized carbons (Fsp3) is 0.467. The molecule has 0 aromatic heterocycles. The van der Waals surface area contributed by atoms with E-state index in [4.69, 9.17) is 0 Å². The normalized spacial score (nSPS) is 15.9. The Morgan fingerprint density at radius 1 is 1.14 bits per heavy atom. The molecular weight excluding hydrogens is 385 g/mol. The molecule has 0 bridgehead atoms. The Hall–Kier alpha value is -1.31. The van der Waals surface area contributed by atoms with E-state index >= 15 is 0 Å². The predicted molar refractivity (Wildman–Crippen MR) is 84.5 cm³/mol. The Kier molecular flexibility index (Phi) is 5.44. The highest BCUT2D eigenvalue weighted by atomic mass is 127. The molecule has 5 nitrogen and oxygen atoms in total. The quantitative estimate of drug-likeness (QED) is 0.785. The molecule has 1 aliphatic carbocycles. The first kappa shape index (κ1) is 16.1. The molecule has 0 atom stereocenters. The minimum atomic E-state index is -3.78. The van der Waals surface area contributed by atoms with Crippen molar-refractivity contribution in [2.75, 3.05) is 0 Å². The van der Waals surface area contributed by atoms with E-state index in [-0.39, 0.29) is 9.13 Å². The summed E-state index contributed by atoms with van der Waals surface area (Å²) in [5.74, 6) is -0.757. The lowest BCUT2D eigenvalue weighted by molar-refractivity contribution is -0.118. The van der Waals surface area contributed by atoms with Gasteiger partial charge in [-0.2, -0.15) is 0 Å². The van der Waals surface area contributed by atoms with Crippen LogP contribution in [0.5, 0.6) is 0 Å². The van der Waals surface area contributed by atoms with Crippen LogP contribution in [0.2, 0.25) is 0 Å². The zero-order valence-corrected chi connectivity index (χ0v) is 14.0. The molecule has 0 unspecified atom stereocenters. The summed E-state index contributed by atoms with van der Waals surface area (Å²) in [6.45, 7) is 1.23. The van der Waals surface area contributed by atoms with Crippen molar-refractivity contribution in [2.45, 2.75) is 44.9 Å². The molecule has 1 aromatic rings. The summed E-state index contributed by atoms with van der Waals surface area (Å²) < 4.78 is 22.8. The van der Waals surface area contributed by atoms with Crippen LogP contribution in [0.3, 0.4) is 0 Å². The first-order valence-corrected chi connectivity index (χ1v) is 9.84. The molecule has 2 rings (SSSR count). The highest BCUT2D eigenvalue weighted by Gasteiger charge is 2.21. The van der Waals surface area contributed by atoms with Gasteiger partial charge in [-0.1, -0.05) is 25.3 Å². The highest BCUT2D eigenvalue weighted by molar-refractivity contribution is 14.2. The third-order valence-electron chi connectivity index (χ3n) is 3.77. The van der Waals surface area contributed by atoms with Gasteiger partial charge in [-0.3, -0.25) is 14.9 Å². The minimum Gasteiger partial charge on any atom is -0.293 e. The van der Waals surface area contributed by atoms with Crippen LogP contribution in [0.4, 0.5) is 0 Å². The summed E-state index contributed by atoms with van der Waals surface area (Å²) in [6.07, 6.45) is 5.66. The topological polar surface area (TPSA) is 80.3 Å². The number of rotatable bonds is 3. The van der Waals surface area contributed by atoms with Crippen molar-refractivity contribution in [2.24, 2.45) is 0 Å². The Balaban J connectivity index is 2.38. The van der Waals surface area contributed by atoms with Crippen molar-refractivity contribution in [3.8, 4) is 0 Å². The lowest BCUT2D eigenvalue weighted by Gasteiger charge is -2.22. The fourth-order valence-electron chi connectivity index (χ4n) is 2.77. The molecule has 1 aliphatic rings. The average Bonchev–Trinajstić information content (AvgIpc) is 2.46. The number of halogens is 1. The SMILES string of the molecule is CC(=O)NC(=O)c1cc(C2CCCCC2)ccc1I(=O)=O. The van der Waals surface area contributed by atoms with Crippen LogP contribution in [0.15, 0.2) is 18.2 Å². The maximum atomic E-state index is 12.0. The van der Waals surface area contributed by atoms with Crippen LogP contribution in [-0.2, 0) is 10.9 Å². The van der Waals surface area contributed by atoms with Crippen LogP contribution in [0.1, 0.15) is 60.9 Å². The number of carbonyl (C=O) groups excluding carboxylic acids is 2. The van der Waals surface area contributed by atoms with E-state index in [1.54, 1.807) is 12.1 Å². The van der Waals surface area contributed by atoms with Gasteiger partial charge >= 0.3 is 19.8 Å². The first-order valence-electron chi connectivity index (χ1n) is 7.00. The van der Waals surface area contributed by atoms with Gasteiger partial charge in [-0.15, -0.1) is 0 Å². The van der Waals surface area contributed by atoms with Crippen molar-refractivity contribution < 1.29 is 15.7 Å². The van der Waals surface area contributed by atoms with Crippen LogP contribution in [-0.4, -0.2) is 11.8 Å². The summed E-state index contributed by atoms with van der Waals surface area (Å²) in [6, 6.07) is 4.95. The molecule has 6 heteroatoms. The third-order valence-corrected chi connectivity index (χ3v) is 5.66. The molecule has 1 aromatic carbocycles. The van der Waals surface area contributed by atoms with E-state index in [1.165, 1.54) is 19.4 Å². The van der Waals surface area contributed by atoms with Crippen molar-refractivity contribution in [3.63, 3.8) is 0 Å². The summed E-state index contributed by atoms with van der Waals surface area (Å²) in [5.41, 5.74) is 1.09. The molecule has 21 heavy (non-hydrogen) atoms. The van der Waals surface area contributed by atoms with E-state index in [9.17, 15) is 15.7 Å². The zero-order chi connectivity index (χ0) is 15.4. The van der Waals surface area contributed by atoms with Gasteiger partial charge in [0.05, 0.1) is 9.13 Å². The van der Waals surface area contributed by atoms with E-state index in [0.717, 1.165) is 31.2 Å². The van der Waals surface area contributed by atoms with Gasteiger partial charge in [-0.05, 0) is 36.5 Å². The monoisotopic (exact) mass is 403 g/mol. The van der Waals surface area contributed by atoms with Crippen LogP contribution < -0.4 is 5.32 Å². The fourth-order valence-corrected chi connectivity index (χ4v) is 4.12. The Bertz CT molecular complexity index is 623. The van der Waals surface area contributed by atoms with Crippen molar-refractivity contribution in [3.05, 3.63) is 32.9 Å². The summed E-state index contributed by atoms with van der Waals surface area (Å²) >= 11 is -3.78. The molecular formula is C15H18INO4. The highest BCUT2D eigenvalue weighted by Crippen LogP contribution is 2.34. The number of imide groups is 1. The van der Waals surface area contributed by atoms with Crippen LogP contribution in [0, 0.1) is 3.57 Å². The summed E-state index contributed by atoms with van der Waals surface area (Å²) in [7, 11) is 0. The number of amides is 2. The first-order chi connectivity index (χ1) is 9.99. The third kappa shape index (κ3) is 4.09. The minimum absolute atomic E-state index is 0.0532. The second kappa shape index (κ2) is 7.11. The van der Waals surface area contributed by atoms with Gasteiger partial charge in [0.15, 0.2) is 0 Å². The molecule has 0 saturated heterocycles. The van der Waals surface area contributed by atoms with Crippen LogP contribution in [0.25, 0.3) is 0 Å². The van der Waals surface area contributed by atoms with E-state index < -0.39 is 31.6 Å². The molecule has 0 spiro atoms. The van der Waals surface area contributed by atoms with E-state index in [2.05, 4.69) is 5.32 Å².